The van der Waals surface area contributed by atoms with E-state index < -0.39 is 0 Å². The molecule has 0 unspecified atom stereocenters. The molecule has 0 spiro atoms. The first-order valence-electron chi connectivity index (χ1n) is 12.0. The molecule has 0 aliphatic carbocycles. The first-order chi connectivity index (χ1) is 17.0. The third kappa shape index (κ3) is 6.30. The van der Waals surface area contributed by atoms with Crippen molar-refractivity contribution in [2.75, 3.05) is 51.0 Å². The van der Waals surface area contributed by atoms with Crippen LogP contribution in [0.15, 0.2) is 42.5 Å². The molecule has 2 aromatic carbocycles. The molecule has 0 bridgehead atoms. The number of amides is 3. The Morgan fingerprint density at radius 2 is 1.77 bits per heavy atom. The average molecular weight is 482 g/mol. The van der Waals surface area contributed by atoms with Crippen LogP contribution < -0.4 is 19.7 Å². The van der Waals surface area contributed by atoms with Gasteiger partial charge in [-0.05, 0) is 49.2 Å². The number of hydrogen-bond donors (Lipinski definition) is 1. The fraction of sp³-hybridized carbons (Fsp3) is 0.423. The summed E-state index contributed by atoms with van der Waals surface area (Å²) in [6.07, 6.45) is 1.48. The van der Waals surface area contributed by atoms with Crippen LogP contribution in [0.4, 0.5) is 5.69 Å². The maximum atomic E-state index is 12.7. The van der Waals surface area contributed by atoms with Crippen molar-refractivity contribution in [2.24, 2.45) is 0 Å². The standard InChI is InChI=1S/C26H31N3O6/c1-2-34-23-16-20(7-10-22(23)35-18-25(31)28-12-14-33-15-13-28)26(32)27-17-19-5-8-21(9-6-19)29-11-3-4-24(29)30/h5-10,16H,2-4,11-15,17-18H2,1H3,(H,27,32). The summed E-state index contributed by atoms with van der Waals surface area (Å²) in [6.45, 7) is 5.40. The zero-order valence-corrected chi connectivity index (χ0v) is 20.0. The molecular weight excluding hydrogens is 450 g/mol. The van der Waals surface area contributed by atoms with Crippen LogP contribution in [0, 0.1) is 0 Å². The molecule has 2 aromatic rings. The van der Waals surface area contributed by atoms with Gasteiger partial charge in [0, 0.05) is 43.9 Å². The van der Waals surface area contributed by atoms with Crippen LogP contribution >= 0.6 is 0 Å². The molecule has 3 amide bonds. The molecule has 2 saturated heterocycles. The van der Waals surface area contributed by atoms with Gasteiger partial charge >= 0.3 is 0 Å². The van der Waals surface area contributed by atoms with Crippen molar-refractivity contribution < 1.29 is 28.6 Å². The molecule has 4 rings (SSSR count). The SMILES string of the molecule is CCOc1cc(C(=O)NCc2ccc(N3CCCC3=O)cc2)ccc1OCC(=O)N1CCOCC1. The molecule has 2 fully saturated rings. The number of morpholine rings is 1. The Morgan fingerprint density at radius 3 is 2.46 bits per heavy atom. The van der Waals surface area contributed by atoms with Crippen molar-refractivity contribution in [3.05, 3.63) is 53.6 Å². The molecule has 2 aliphatic heterocycles. The van der Waals surface area contributed by atoms with Crippen LogP contribution in [0.1, 0.15) is 35.7 Å². The van der Waals surface area contributed by atoms with Crippen LogP contribution in [-0.2, 0) is 20.9 Å². The molecule has 0 aromatic heterocycles. The summed E-state index contributed by atoms with van der Waals surface area (Å²) in [7, 11) is 0. The van der Waals surface area contributed by atoms with E-state index in [-0.39, 0.29) is 24.3 Å². The zero-order chi connectivity index (χ0) is 24.6. The molecule has 186 valence electrons. The predicted molar refractivity (Wildman–Crippen MR) is 130 cm³/mol. The van der Waals surface area contributed by atoms with E-state index in [2.05, 4.69) is 5.32 Å². The van der Waals surface area contributed by atoms with Crippen LogP contribution in [0.2, 0.25) is 0 Å². The molecule has 0 saturated carbocycles. The summed E-state index contributed by atoms with van der Waals surface area (Å²) in [4.78, 5) is 40.5. The zero-order valence-electron chi connectivity index (χ0n) is 20.0. The lowest BCUT2D eigenvalue weighted by Crippen LogP contribution is -2.43. The number of hydrogen-bond acceptors (Lipinski definition) is 6. The third-order valence-corrected chi connectivity index (χ3v) is 6.00. The van der Waals surface area contributed by atoms with Crippen molar-refractivity contribution in [1.82, 2.24) is 10.2 Å². The number of benzene rings is 2. The largest absolute Gasteiger partial charge is 0.490 e. The topological polar surface area (TPSA) is 97.4 Å². The van der Waals surface area contributed by atoms with Gasteiger partial charge in [0.15, 0.2) is 18.1 Å². The summed E-state index contributed by atoms with van der Waals surface area (Å²) in [6, 6.07) is 12.5. The van der Waals surface area contributed by atoms with Gasteiger partial charge in [-0.3, -0.25) is 14.4 Å². The Kier molecular flexibility index (Phi) is 8.20. The smallest absolute Gasteiger partial charge is 0.260 e. The summed E-state index contributed by atoms with van der Waals surface area (Å²) in [5, 5.41) is 2.91. The average Bonchev–Trinajstić information content (AvgIpc) is 3.33. The Hall–Kier alpha value is -3.59. The van der Waals surface area contributed by atoms with Gasteiger partial charge in [0.1, 0.15) is 0 Å². The molecule has 35 heavy (non-hydrogen) atoms. The number of carbonyl (C=O) groups excluding carboxylic acids is 3. The Morgan fingerprint density at radius 1 is 1.00 bits per heavy atom. The van der Waals surface area contributed by atoms with E-state index in [9.17, 15) is 14.4 Å². The minimum absolute atomic E-state index is 0.107. The van der Waals surface area contributed by atoms with Crippen LogP contribution in [0.3, 0.4) is 0 Å². The van der Waals surface area contributed by atoms with E-state index in [1.807, 2.05) is 31.2 Å². The highest BCUT2D eigenvalue weighted by Crippen LogP contribution is 2.29. The van der Waals surface area contributed by atoms with E-state index in [0.717, 1.165) is 24.2 Å². The number of carbonyl (C=O) groups is 3. The van der Waals surface area contributed by atoms with Gasteiger partial charge in [0.2, 0.25) is 5.91 Å². The highest BCUT2D eigenvalue weighted by Gasteiger charge is 2.21. The van der Waals surface area contributed by atoms with Crippen molar-refractivity contribution in [1.29, 1.82) is 0 Å². The lowest BCUT2D eigenvalue weighted by Gasteiger charge is -2.26. The quantitative estimate of drug-likeness (QED) is 0.591. The Balaban J connectivity index is 1.33. The number of nitrogens with one attached hydrogen (secondary N) is 1. The summed E-state index contributed by atoms with van der Waals surface area (Å²) < 4.78 is 16.6. The minimum atomic E-state index is -0.249. The second kappa shape index (κ2) is 11.7. The molecule has 9 heteroatoms. The van der Waals surface area contributed by atoms with E-state index in [1.54, 1.807) is 28.0 Å². The molecule has 2 aliphatic rings. The first kappa shape index (κ1) is 24.5. The number of ether oxygens (including phenoxy) is 3. The van der Waals surface area contributed by atoms with Crippen molar-refractivity contribution in [3.8, 4) is 11.5 Å². The highest BCUT2D eigenvalue weighted by molar-refractivity contribution is 5.95. The predicted octanol–water partition coefficient (Wildman–Crippen LogP) is 2.38. The Bertz CT molecular complexity index is 1050. The van der Waals surface area contributed by atoms with Crippen molar-refractivity contribution in [2.45, 2.75) is 26.3 Å². The maximum absolute atomic E-state index is 12.7. The maximum Gasteiger partial charge on any atom is 0.260 e. The van der Waals surface area contributed by atoms with Gasteiger partial charge in [-0.1, -0.05) is 12.1 Å². The van der Waals surface area contributed by atoms with Crippen LogP contribution in [0.5, 0.6) is 11.5 Å². The lowest BCUT2D eigenvalue weighted by atomic mass is 10.1. The number of nitrogens with zero attached hydrogens (tertiary/aromatic N) is 2. The number of rotatable bonds is 9. The normalized spacial score (nSPS) is 15.7. The second-order valence-electron chi connectivity index (χ2n) is 8.37. The minimum Gasteiger partial charge on any atom is -0.490 e. The van der Waals surface area contributed by atoms with Crippen molar-refractivity contribution >= 4 is 23.4 Å². The second-order valence-corrected chi connectivity index (χ2v) is 8.37. The molecule has 9 nitrogen and oxygen atoms in total. The van der Waals surface area contributed by atoms with Gasteiger partial charge in [0.25, 0.3) is 11.8 Å². The van der Waals surface area contributed by atoms with E-state index >= 15 is 0 Å². The summed E-state index contributed by atoms with van der Waals surface area (Å²) >= 11 is 0. The lowest BCUT2D eigenvalue weighted by molar-refractivity contribution is -0.137. The fourth-order valence-electron chi connectivity index (χ4n) is 4.08. The van der Waals surface area contributed by atoms with E-state index in [1.165, 1.54) is 0 Å². The van der Waals surface area contributed by atoms with Gasteiger partial charge in [-0.2, -0.15) is 0 Å². The molecular formula is C26H31N3O6. The van der Waals surface area contributed by atoms with Gasteiger partial charge < -0.3 is 29.3 Å². The summed E-state index contributed by atoms with van der Waals surface area (Å²) in [5.41, 5.74) is 2.24. The molecule has 1 N–H and O–H groups in total. The third-order valence-electron chi connectivity index (χ3n) is 6.00. The van der Waals surface area contributed by atoms with Crippen LogP contribution in [0.25, 0.3) is 0 Å². The first-order valence-corrected chi connectivity index (χ1v) is 12.0. The summed E-state index contributed by atoms with van der Waals surface area (Å²) in [5.74, 6) is 0.610. The van der Waals surface area contributed by atoms with Gasteiger partial charge in [-0.15, -0.1) is 0 Å². The molecule has 0 atom stereocenters. The highest BCUT2D eigenvalue weighted by atomic mass is 16.5. The van der Waals surface area contributed by atoms with E-state index in [4.69, 9.17) is 14.2 Å². The van der Waals surface area contributed by atoms with Crippen molar-refractivity contribution in [3.63, 3.8) is 0 Å². The van der Waals surface area contributed by atoms with Crippen LogP contribution in [-0.4, -0.2) is 68.7 Å². The Labute approximate surface area is 204 Å². The fourth-order valence-corrected chi connectivity index (χ4v) is 4.08. The van der Waals surface area contributed by atoms with Gasteiger partial charge in [0.05, 0.1) is 19.8 Å². The van der Waals surface area contributed by atoms with E-state index in [0.29, 0.717) is 62.9 Å². The monoisotopic (exact) mass is 481 g/mol. The van der Waals surface area contributed by atoms with Gasteiger partial charge in [-0.25, -0.2) is 0 Å². The number of anilines is 1. The molecule has 0 radical (unpaired) electrons. The molecule has 2 heterocycles.